The van der Waals surface area contributed by atoms with Gasteiger partial charge in [-0.15, -0.1) is 0 Å². The third-order valence-electron chi connectivity index (χ3n) is 0.909. The van der Waals surface area contributed by atoms with E-state index >= 15 is 0 Å². The molecular formula is C7H10BrF. The molecule has 0 nitrogen and oxygen atoms in total. The summed E-state index contributed by atoms with van der Waals surface area (Å²) in [6.07, 6.45) is 3.38. The molecule has 0 rings (SSSR count). The Balaban J connectivity index is 4.01. The van der Waals surface area contributed by atoms with Gasteiger partial charge >= 0.3 is 0 Å². The average Bonchev–Trinajstić information content (AvgIpc) is 1.82. The highest BCUT2D eigenvalue weighted by molar-refractivity contribution is 9.09. The average molecular weight is 193 g/mol. The van der Waals surface area contributed by atoms with Crippen LogP contribution in [0.4, 0.5) is 4.39 Å². The Labute approximate surface area is 63.6 Å². The summed E-state index contributed by atoms with van der Waals surface area (Å²) in [6.45, 7) is 3.32. The van der Waals surface area contributed by atoms with Gasteiger partial charge in [0, 0.05) is 5.33 Å². The molecule has 0 aromatic carbocycles. The zero-order valence-electron chi connectivity index (χ0n) is 5.62. The monoisotopic (exact) mass is 192 g/mol. The summed E-state index contributed by atoms with van der Waals surface area (Å²) in [5, 5.41) is 0.713. The lowest BCUT2D eigenvalue weighted by molar-refractivity contribution is 0.639. The van der Waals surface area contributed by atoms with Gasteiger partial charge in [-0.1, -0.05) is 22.0 Å². The molecule has 0 saturated carbocycles. The standard InChI is InChI=1S/C7H10BrF/c1-3-7(5-8)4-6(2)9/h3-4H,5H2,1-2H3/b6-4+,7-3+. The van der Waals surface area contributed by atoms with Crippen molar-refractivity contribution in [2.75, 3.05) is 5.33 Å². The Morgan fingerprint density at radius 3 is 2.33 bits per heavy atom. The molecule has 0 aliphatic rings. The van der Waals surface area contributed by atoms with Crippen molar-refractivity contribution in [3.05, 3.63) is 23.6 Å². The number of alkyl halides is 1. The maximum Gasteiger partial charge on any atom is 0.0971 e. The van der Waals surface area contributed by atoms with Crippen LogP contribution < -0.4 is 0 Å². The Morgan fingerprint density at radius 1 is 1.67 bits per heavy atom. The minimum Gasteiger partial charge on any atom is -0.212 e. The van der Waals surface area contributed by atoms with Gasteiger partial charge < -0.3 is 0 Å². The van der Waals surface area contributed by atoms with E-state index in [0.717, 1.165) is 5.57 Å². The van der Waals surface area contributed by atoms with E-state index < -0.39 is 0 Å². The number of halogens is 2. The molecule has 0 aliphatic carbocycles. The third-order valence-corrected chi connectivity index (χ3v) is 1.56. The van der Waals surface area contributed by atoms with Gasteiger partial charge in [0.05, 0.1) is 5.83 Å². The molecule has 2 heteroatoms. The van der Waals surface area contributed by atoms with E-state index in [1.54, 1.807) is 0 Å². The van der Waals surface area contributed by atoms with Gasteiger partial charge in [0.25, 0.3) is 0 Å². The van der Waals surface area contributed by atoms with Gasteiger partial charge in [-0.3, -0.25) is 0 Å². The summed E-state index contributed by atoms with van der Waals surface area (Å²) in [5.74, 6) is -0.150. The second-order valence-electron chi connectivity index (χ2n) is 1.73. The molecule has 0 fully saturated rings. The predicted molar refractivity (Wildman–Crippen MR) is 42.4 cm³/mol. The lowest BCUT2D eigenvalue weighted by atomic mass is 10.3. The third kappa shape index (κ3) is 4.40. The zero-order valence-corrected chi connectivity index (χ0v) is 7.20. The molecule has 0 aliphatic heterocycles. The first kappa shape index (κ1) is 8.89. The van der Waals surface area contributed by atoms with E-state index in [2.05, 4.69) is 15.9 Å². The molecule has 0 N–H and O–H groups in total. The van der Waals surface area contributed by atoms with Crippen molar-refractivity contribution in [1.29, 1.82) is 0 Å². The van der Waals surface area contributed by atoms with Gasteiger partial charge in [-0.05, 0) is 25.5 Å². The highest BCUT2D eigenvalue weighted by atomic mass is 79.9. The first-order chi connectivity index (χ1) is 4.20. The fraction of sp³-hybridized carbons (Fsp3) is 0.429. The van der Waals surface area contributed by atoms with Crippen LogP contribution in [-0.4, -0.2) is 5.33 Å². The maximum atomic E-state index is 12.1. The van der Waals surface area contributed by atoms with E-state index in [1.807, 2.05) is 13.0 Å². The molecule has 0 bridgehead atoms. The first-order valence-corrected chi connectivity index (χ1v) is 3.87. The fourth-order valence-corrected chi connectivity index (χ4v) is 0.940. The largest absolute Gasteiger partial charge is 0.212 e. The van der Waals surface area contributed by atoms with Gasteiger partial charge in [0.15, 0.2) is 0 Å². The zero-order chi connectivity index (χ0) is 7.28. The van der Waals surface area contributed by atoms with E-state index in [0.29, 0.717) is 5.33 Å². The van der Waals surface area contributed by atoms with Gasteiger partial charge in [-0.2, -0.15) is 0 Å². The minimum atomic E-state index is -0.150. The summed E-state index contributed by atoms with van der Waals surface area (Å²) in [5.41, 5.74) is 0.968. The van der Waals surface area contributed by atoms with E-state index in [-0.39, 0.29) is 5.83 Å². The van der Waals surface area contributed by atoms with Crippen molar-refractivity contribution in [2.24, 2.45) is 0 Å². The van der Waals surface area contributed by atoms with E-state index in [1.165, 1.54) is 13.0 Å². The smallest absolute Gasteiger partial charge is 0.0971 e. The second-order valence-corrected chi connectivity index (χ2v) is 2.29. The molecule has 9 heavy (non-hydrogen) atoms. The number of hydrogen-bond donors (Lipinski definition) is 0. The van der Waals surface area contributed by atoms with Crippen molar-refractivity contribution < 1.29 is 4.39 Å². The molecule has 0 saturated heterocycles. The lowest BCUT2D eigenvalue weighted by Crippen LogP contribution is -1.77. The quantitative estimate of drug-likeness (QED) is 0.466. The maximum absolute atomic E-state index is 12.1. The van der Waals surface area contributed by atoms with Crippen LogP contribution >= 0.6 is 15.9 Å². The van der Waals surface area contributed by atoms with Crippen molar-refractivity contribution in [2.45, 2.75) is 13.8 Å². The SMILES string of the molecule is C/C=C(\C=C(/C)F)CBr. The molecule has 0 aromatic heterocycles. The minimum absolute atomic E-state index is 0.150. The molecule has 0 atom stereocenters. The fourth-order valence-electron chi connectivity index (χ4n) is 0.455. The van der Waals surface area contributed by atoms with E-state index in [9.17, 15) is 4.39 Å². The van der Waals surface area contributed by atoms with Crippen LogP contribution in [0.3, 0.4) is 0 Å². The van der Waals surface area contributed by atoms with Crippen LogP contribution in [0.15, 0.2) is 23.6 Å². The van der Waals surface area contributed by atoms with E-state index in [4.69, 9.17) is 0 Å². The number of rotatable bonds is 2. The van der Waals surface area contributed by atoms with Crippen LogP contribution in [0.1, 0.15) is 13.8 Å². The molecular weight excluding hydrogens is 183 g/mol. The van der Waals surface area contributed by atoms with Crippen LogP contribution in [0.25, 0.3) is 0 Å². The van der Waals surface area contributed by atoms with Crippen molar-refractivity contribution in [3.63, 3.8) is 0 Å². The Morgan fingerprint density at radius 2 is 2.22 bits per heavy atom. The summed E-state index contributed by atoms with van der Waals surface area (Å²) in [4.78, 5) is 0. The van der Waals surface area contributed by atoms with Crippen molar-refractivity contribution in [1.82, 2.24) is 0 Å². The first-order valence-electron chi connectivity index (χ1n) is 2.75. The number of hydrogen-bond acceptors (Lipinski definition) is 0. The van der Waals surface area contributed by atoms with Crippen LogP contribution in [0.5, 0.6) is 0 Å². The summed E-state index contributed by atoms with van der Waals surface area (Å²) < 4.78 is 12.1. The molecule has 52 valence electrons. The Bertz CT molecular complexity index is 132. The summed E-state index contributed by atoms with van der Waals surface area (Å²) in [6, 6.07) is 0. The van der Waals surface area contributed by atoms with Crippen LogP contribution in [0, 0.1) is 0 Å². The highest BCUT2D eigenvalue weighted by Crippen LogP contribution is 2.05. The normalized spacial score (nSPS) is 14.2. The second kappa shape index (κ2) is 4.74. The van der Waals surface area contributed by atoms with Gasteiger partial charge in [-0.25, -0.2) is 4.39 Å². The Hall–Kier alpha value is -0.110. The predicted octanol–water partition coefficient (Wildman–Crippen LogP) is 3.20. The molecule has 0 amide bonds. The summed E-state index contributed by atoms with van der Waals surface area (Å²) in [7, 11) is 0. The topological polar surface area (TPSA) is 0 Å². The highest BCUT2D eigenvalue weighted by Gasteiger charge is 1.87. The van der Waals surface area contributed by atoms with Crippen LogP contribution in [-0.2, 0) is 0 Å². The molecule has 0 spiro atoms. The Kier molecular flexibility index (Phi) is 4.68. The van der Waals surface area contributed by atoms with Crippen molar-refractivity contribution >= 4 is 15.9 Å². The van der Waals surface area contributed by atoms with Gasteiger partial charge in [0.2, 0.25) is 0 Å². The van der Waals surface area contributed by atoms with Crippen LogP contribution in [0.2, 0.25) is 0 Å². The summed E-state index contributed by atoms with van der Waals surface area (Å²) >= 11 is 3.22. The molecule has 0 unspecified atom stereocenters. The number of allylic oxidation sites excluding steroid dienone is 4. The molecule has 0 heterocycles. The van der Waals surface area contributed by atoms with Gasteiger partial charge in [0.1, 0.15) is 0 Å². The molecule has 0 aromatic rings. The lowest BCUT2D eigenvalue weighted by Gasteiger charge is -1.91. The van der Waals surface area contributed by atoms with Crippen molar-refractivity contribution in [3.8, 4) is 0 Å². The molecule has 0 radical (unpaired) electrons.